The lowest BCUT2D eigenvalue weighted by molar-refractivity contribution is 0.174. The van der Waals surface area contributed by atoms with Crippen molar-refractivity contribution < 1.29 is 9.53 Å². The van der Waals surface area contributed by atoms with E-state index in [4.69, 9.17) is 4.74 Å². The fourth-order valence-corrected chi connectivity index (χ4v) is 3.25. The van der Waals surface area contributed by atoms with E-state index in [-0.39, 0.29) is 12.1 Å². The maximum Gasteiger partial charge on any atom is 0.317 e. The molecule has 5 heteroatoms. The van der Waals surface area contributed by atoms with E-state index in [1.54, 1.807) is 7.11 Å². The van der Waals surface area contributed by atoms with Crippen molar-refractivity contribution in [2.75, 3.05) is 33.4 Å². The number of likely N-dealkylation sites (tertiary alicyclic amines) is 1. The lowest BCUT2D eigenvalue weighted by atomic mass is 10.2. The Balaban J connectivity index is 1.90. The monoisotopic (exact) mass is 347 g/mol. The van der Waals surface area contributed by atoms with Crippen molar-refractivity contribution in [1.82, 2.24) is 15.1 Å². The van der Waals surface area contributed by atoms with Crippen LogP contribution >= 0.6 is 0 Å². The van der Waals surface area contributed by atoms with E-state index >= 15 is 0 Å². The molecule has 0 radical (unpaired) electrons. The van der Waals surface area contributed by atoms with Crippen LogP contribution in [0.3, 0.4) is 0 Å². The Morgan fingerprint density at radius 3 is 2.72 bits per heavy atom. The van der Waals surface area contributed by atoms with E-state index < -0.39 is 0 Å². The van der Waals surface area contributed by atoms with Crippen LogP contribution in [0.1, 0.15) is 38.7 Å². The maximum atomic E-state index is 12.8. The van der Waals surface area contributed by atoms with Crippen molar-refractivity contribution >= 4 is 6.03 Å². The Morgan fingerprint density at radius 2 is 2.08 bits per heavy atom. The molecule has 1 saturated heterocycles. The fourth-order valence-electron chi connectivity index (χ4n) is 3.25. The third-order valence-electron chi connectivity index (χ3n) is 4.81. The number of urea groups is 1. The van der Waals surface area contributed by atoms with Gasteiger partial charge in [0.1, 0.15) is 0 Å². The molecule has 0 bridgehead atoms. The van der Waals surface area contributed by atoms with Crippen LogP contribution in [-0.2, 0) is 11.3 Å². The predicted molar refractivity (Wildman–Crippen MR) is 102 cm³/mol. The summed E-state index contributed by atoms with van der Waals surface area (Å²) in [6, 6.07) is 11.0. The zero-order valence-electron chi connectivity index (χ0n) is 15.9. The predicted octanol–water partition coefficient (Wildman–Crippen LogP) is 3.11. The van der Waals surface area contributed by atoms with Crippen LogP contribution in [0, 0.1) is 0 Å². The minimum absolute atomic E-state index is 0.0527. The number of ether oxygens (including phenoxy) is 1. The molecule has 0 aromatic heterocycles. The smallest absolute Gasteiger partial charge is 0.317 e. The average Bonchev–Trinajstić information content (AvgIpc) is 3.07. The molecule has 1 unspecified atom stereocenters. The number of unbranched alkanes of at least 4 members (excludes halogenated alkanes) is 1. The molecule has 1 aromatic carbocycles. The number of amides is 2. The van der Waals surface area contributed by atoms with Gasteiger partial charge in [-0.15, -0.1) is 0 Å². The average molecular weight is 348 g/mol. The molecule has 1 atom stereocenters. The zero-order valence-corrected chi connectivity index (χ0v) is 15.9. The summed E-state index contributed by atoms with van der Waals surface area (Å²) in [6.07, 6.45) is 2.96. The zero-order chi connectivity index (χ0) is 18.1. The van der Waals surface area contributed by atoms with Gasteiger partial charge in [-0.05, 0) is 38.7 Å². The first-order valence-corrected chi connectivity index (χ1v) is 9.42. The van der Waals surface area contributed by atoms with Crippen LogP contribution in [0.4, 0.5) is 4.79 Å². The third-order valence-corrected chi connectivity index (χ3v) is 4.81. The van der Waals surface area contributed by atoms with Crippen molar-refractivity contribution in [3.05, 3.63) is 35.9 Å². The molecule has 1 fully saturated rings. The minimum atomic E-state index is 0.0527. The van der Waals surface area contributed by atoms with Crippen molar-refractivity contribution in [2.45, 2.75) is 51.7 Å². The number of hydrogen-bond acceptors (Lipinski definition) is 3. The first-order valence-electron chi connectivity index (χ1n) is 9.42. The Hall–Kier alpha value is -1.59. The molecule has 1 aliphatic rings. The SMILES string of the molecule is COCCCCN(Cc1ccccc1)C(=O)NC1CCN(C(C)C)C1. The van der Waals surface area contributed by atoms with Gasteiger partial charge in [0.25, 0.3) is 0 Å². The third kappa shape index (κ3) is 6.67. The van der Waals surface area contributed by atoms with Crippen molar-refractivity contribution in [3.63, 3.8) is 0 Å². The Kier molecular flexibility index (Phi) is 8.22. The summed E-state index contributed by atoms with van der Waals surface area (Å²) < 4.78 is 5.12. The molecule has 0 saturated carbocycles. The first-order chi connectivity index (χ1) is 12.1. The van der Waals surface area contributed by atoms with Gasteiger partial charge in [-0.1, -0.05) is 30.3 Å². The summed E-state index contributed by atoms with van der Waals surface area (Å²) in [5.74, 6) is 0. The molecule has 0 aliphatic carbocycles. The lowest BCUT2D eigenvalue weighted by Crippen LogP contribution is -2.46. The second kappa shape index (κ2) is 10.4. The van der Waals surface area contributed by atoms with Gasteiger partial charge in [0.2, 0.25) is 0 Å². The van der Waals surface area contributed by atoms with E-state index in [1.807, 2.05) is 23.1 Å². The molecule has 1 aromatic rings. The lowest BCUT2D eigenvalue weighted by Gasteiger charge is -2.26. The van der Waals surface area contributed by atoms with E-state index in [2.05, 4.69) is 36.2 Å². The summed E-state index contributed by atoms with van der Waals surface area (Å²) in [6.45, 7) is 8.59. The highest BCUT2D eigenvalue weighted by molar-refractivity contribution is 5.74. The van der Waals surface area contributed by atoms with Gasteiger partial charge in [-0.25, -0.2) is 4.79 Å². The van der Waals surface area contributed by atoms with Crippen molar-refractivity contribution in [2.24, 2.45) is 0 Å². The molecule has 140 valence electrons. The second-order valence-electron chi connectivity index (χ2n) is 7.13. The standard InChI is InChI=1S/C20H33N3O2/c1-17(2)22-13-11-19(16-22)21-20(24)23(12-7-8-14-25-3)15-18-9-5-4-6-10-18/h4-6,9-10,17,19H,7-8,11-16H2,1-3H3,(H,21,24). The van der Waals surface area contributed by atoms with Crippen molar-refractivity contribution in [1.29, 1.82) is 0 Å². The molecular weight excluding hydrogens is 314 g/mol. The van der Waals surface area contributed by atoms with E-state index in [1.165, 1.54) is 5.56 Å². The number of benzene rings is 1. The molecule has 1 heterocycles. The molecular formula is C20H33N3O2. The highest BCUT2D eigenvalue weighted by Crippen LogP contribution is 2.13. The number of carbonyl (C=O) groups is 1. The van der Waals surface area contributed by atoms with Crippen LogP contribution in [0.5, 0.6) is 0 Å². The van der Waals surface area contributed by atoms with E-state index in [0.717, 1.165) is 45.5 Å². The minimum Gasteiger partial charge on any atom is -0.385 e. The van der Waals surface area contributed by atoms with Crippen LogP contribution in [-0.4, -0.2) is 61.3 Å². The number of methoxy groups -OCH3 is 1. The topological polar surface area (TPSA) is 44.8 Å². The number of nitrogens with one attached hydrogen (secondary N) is 1. The summed E-state index contributed by atoms with van der Waals surface area (Å²) in [4.78, 5) is 17.2. The van der Waals surface area contributed by atoms with Gasteiger partial charge >= 0.3 is 6.03 Å². The van der Waals surface area contributed by atoms with Gasteiger partial charge in [0.15, 0.2) is 0 Å². The van der Waals surface area contributed by atoms with Crippen LogP contribution in [0.2, 0.25) is 0 Å². The highest BCUT2D eigenvalue weighted by Gasteiger charge is 2.26. The molecule has 0 spiro atoms. The van der Waals surface area contributed by atoms with E-state index in [9.17, 15) is 4.79 Å². The molecule has 25 heavy (non-hydrogen) atoms. The summed E-state index contributed by atoms with van der Waals surface area (Å²) in [5, 5.41) is 3.24. The molecule has 1 N–H and O–H groups in total. The summed E-state index contributed by atoms with van der Waals surface area (Å²) in [7, 11) is 1.72. The van der Waals surface area contributed by atoms with Crippen LogP contribution < -0.4 is 5.32 Å². The number of rotatable bonds is 9. The summed E-state index contributed by atoms with van der Waals surface area (Å²) >= 11 is 0. The number of nitrogens with zero attached hydrogens (tertiary/aromatic N) is 2. The molecule has 1 aliphatic heterocycles. The largest absolute Gasteiger partial charge is 0.385 e. The summed E-state index contributed by atoms with van der Waals surface area (Å²) in [5.41, 5.74) is 1.17. The van der Waals surface area contributed by atoms with Crippen molar-refractivity contribution in [3.8, 4) is 0 Å². The quantitative estimate of drug-likeness (QED) is 0.698. The van der Waals surface area contributed by atoms with Gasteiger partial charge < -0.3 is 15.0 Å². The van der Waals surface area contributed by atoms with Gasteiger partial charge in [0.05, 0.1) is 0 Å². The molecule has 5 nitrogen and oxygen atoms in total. The highest BCUT2D eigenvalue weighted by atomic mass is 16.5. The number of carbonyl (C=O) groups excluding carboxylic acids is 1. The first kappa shape index (κ1) is 19.7. The fraction of sp³-hybridized carbons (Fsp3) is 0.650. The van der Waals surface area contributed by atoms with Crippen LogP contribution in [0.25, 0.3) is 0 Å². The Labute approximate surface area is 152 Å². The maximum absolute atomic E-state index is 12.8. The number of hydrogen-bond donors (Lipinski definition) is 1. The van der Waals surface area contributed by atoms with Gasteiger partial charge in [-0.3, -0.25) is 4.90 Å². The second-order valence-corrected chi connectivity index (χ2v) is 7.13. The van der Waals surface area contributed by atoms with Gasteiger partial charge in [-0.2, -0.15) is 0 Å². The molecule has 2 amide bonds. The Morgan fingerprint density at radius 1 is 1.32 bits per heavy atom. The molecule has 2 rings (SSSR count). The van der Waals surface area contributed by atoms with E-state index in [0.29, 0.717) is 12.6 Å². The Bertz CT molecular complexity index is 507. The normalized spacial score (nSPS) is 17.8. The van der Waals surface area contributed by atoms with Gasteiger partial charge in [0, 0.05) is 52.0 Å². The van der Waals surface area contributed by atoms with Crippen LogP contribution in [0.15, 0.2) is 30.3 Å².